The molecule has 1 aromatic carbocycles. The third kappa shape index (κ3) is 1.99. The lowest BCUT2D eigenvalue weighted by Gasteiger charge is -2.21. The van der Waals surface area contributed by atoms with Gasteiger partial charge in [-0.15, -0.1) is 0 Å². The SMILES string of the molecule is Fc1cccc2c1OCCN(c1ncnc3[nH]ccc13)C2. The van der Waals surface area contributed by atoms with E-state index in [-0.39, 0.29) is 5.82 Å². The molecule has 4 rings (SSSR count). The number of halogens is 1. The highest BCUT2D eigenvalue weighted by molar-refractivity contribution is 5.87. The Balaban J connectivity index is 1.78. The number of rotatable bonds is 1. The highest BCUT2D eigenvalue weighted by atomic mass is 19.1. The minimum absolute atomic E-state index is 0.316. The Hall–Kier alpha value is -2.63. The molecule has 0 radical (unpaired) electrons. The van der Waals surface area contributed by atoms with Gasteiger partial charge in [-0.05, 0) is 12.1 Å². The van der Waals surface area contributed by atoms with Crippen molar-refractivity contribution in [1.29, 1.82) is 0 Å². The number of hydrogen-bond acceptors (Lipinski definition) is 4. The van der Waals surface area contributed by atoms with E-state index in [9.17, 15) is 4.39 Å². The molecule has 3 heterocycles. The van der Waals surface area contributed by atoms with Crippen molar-refractivity contribution in [3.05, 3.63) is 48.2 Å². The maximum absolute atomic E-state index is 13.8. The molecule has 0 saturated heterocycles. The second-order valence-corrected chi connectivity index (χ2v) is 4.94. The summed E-state index contributed by atoms with van der Waals surface area (Å²) in [4.78, 5) is 13.7. The van der Waals surface area contributed by atoms with E-state index < -0.39 is 0 Å². The zero-order valence-electron chi connectivity index (χ0n) is 11.2. The average Bonchev–Trinajstić information content (AvgIpc) is 2.86. The van der Waals surface area contributed by atoms with Crippen LogP contribution in [0.3, 0.4) is 0 Å². The first-order chi connectivity index (χ1) is 10.3. The van der Waals surface area contributed by atoms with Crippen LogP contribution in [0.2, 0.25) is 0 Å². The fourth-order valence-electron chi connectivity index (χ4n) is 2.67. The largest absolute Gasteiger partial charge is 0.488 e. The summed E-state index contributed by atoms with van der Waals surface area (Å²) in [6.45, 7) is 1.62. The number of hydrogen-bond donors (Lipinski definition) is 1. The van der Waals surface area contributed by atoms with Gasteiger partial charge in [0.15, 0.2) is 11.6 Å². The predicted octanol–water partition coefficient (Wildman–Crippen LogP) is 2.50. The molecular formula is C15H13FN4O. The molecule has 106 valence electrons. The number of anilines is 1. The molecule has 0 fully saturated rings. The van der Waals surface area contributed by atoms with Gasteiger partial charge in [0, 0.05) is 18.3 Å². The normalized spacial score (nSPS) is 14.6. The summed E-state index contributed by atoms with van der Waals surface area (Å²) in [5.41, 5.74) is 1.62. The maximum Gasteiger partial charge on any atom is 0.165 e. The quantitative estimate of drug-likeness (QED) is 0.746. The van der Waals surface area contributed by atoms with Crippen LogP contribution in [0.1, 0.15) is 5.56 Å². The summed E-state index contributed by atoms with van der Waals surface area (Å²) in [6.07, 6.45) is 3.37. The molecule has 0 amide bonds. The minimum Gasteiger partial charge on any atom is -0.488 e. The van der Waals surface area contributed by atoms with Crippen LogP contribution in [-0.2, 0) is 6.54 Å². The van der Waals surface area contributed by atoms with E-state index in [2.05, 4.69) is 19.9 Å². The monoisotopic (exact) mass is 284 g/mol. The van der Waals surface area contributed by atoms with Crippen LogP contribution in [0.4, 0.5) is 10.2 Å². The number of aromatic amines is 1. The number of para-hydroxylation sites is 1. The van der Waals surface area contributed by atoms with Gasteiger partial charge in [-0.2, -0.15) is 0 Å². The number of ether oxygens (including phenoxy) is 1. The lowest BCUT2D eigenvalue weighted by atomic mass is 10.2. The number of benzene rings is 1. The first-order valence-electron chi connectivity index (χ1n) is 6.76. The third-order valence-electron chi connectivity index (χ3n) is 3.65. The first-order valence-corrected chi connectivity index (χ1v) is 6.76. The van der Waals surface area contributed by atoms with Crippen molar-refractivity contribution in [3.8, 4) is 5.75 Å². The van der Waals surface area contributed by atoms with Gasteiger partial charge < -0.3 is 14.6 Å². The van der Waals surface area contributed by atoms with E-state index >= 15 is 0 Å². The molecule has 1 aliphatic heterocycles. The van der Waals surface area contributed by atoms with Crippen molar-refractivity contribution in [2.24, 2.45) is 0 Å². The van der Waals surface area contributed by atoms with E-state index in [0.29, 0.717) is 25.4 Å². The maximum atomic E-state index is 13.8. The zero-order valence-corrected chi connectivity index (χ0v) is 11.2. The van der Waals surface area contributed by atoms with Crippen LogP contribution < -0.4 is 9.64 Å². The fraction of sp³-hybridized carbons (Fsp3) is 0.200. The standard InChI is InChI=1S/C15H13FN4O/c16-12-3-1-2-10-8-20(6-7-21-13(10)12)15-11-4-5-17-14(11)18-9-19-15/h1-5,9H,6-8H2,(H,17,18,19). The van der Waals surface area contributed by atoms with Gasteiger partial charge in [0.05, 0.1) is 11.9 Å². The summed E-state index contributed by atoms with van der Waals surface area (Å²) in [6, 6.07) is 6.95. The van der Waals surface area contributed by atoms with Crippen molar-refractivity contribution in [2.75, 3.05) is 18.1 Å². The molecule has 1 N–H and O–H groups in total. The molecule has 6 heteroatoms. The third-order valence-corrected chi connectivity index (χ3v) is 3.65. The Morgan fingerprint density at radius 1 is 1.24 bits per heavy atom. The molecule has 3 aromatic rings. The Kier molecular flexibility index (Phi) is 2.73. The Morgan fingerprint density at radius 3 is 3.14 bits per heavy atom. The Bertz CT molecular complexity index is 801. The van der Waals surface area contributed by atoms with Gasteiger partial charge in [0.25, 0.3) is 0 Å². The molecular weight excluding hydrogens is 271 g/mol. The van der Waals surface area contributed by atoms with Crippen molar-refractivity contribution >= 4 is 16.9 Å². The van der Waals surface area contributed by atoms with Gasteiger partial charge in [0.1, 0.15) is 24.4 Å². The molecule has 0 atom stereocenters. The molecule has 0 aliphatic carbocycles. The number of nitrogens with zero attached hydrogens (tertiary/aromatic N) is 3. The Morgan fingerprint density at radius 2 is 2.19 bits per heavy atom. The minimum atomic E-state index is -0.316. The van der Waals surface area contributed by atoms with E-state index in [0.717, 1.165) is 22.4 Å². The smallest absolute Gasteiger partial charge is 0.165 e. The molecule has 21 heavy (non-hydrogen) atoms. The van der Waals surface area contributed by atoms with E-state index in [1.807, 2.05) is 18.3 Å². The molecule has 5 nitrogen and oxygen atoms in total. The first kappa shape index (κ1) is 12.1. The highest BCUT2D eigenvalue weighted by Crippen LogP contribution is 2.30. The van der Waals surface area contributed by atoms with E-state index in [1.54, 1.807) is 6.07 Å². The van der Waals surface area contributed by atoms with Crippen LogP contribution in [0.15, 0.2) is 36.8 Å². The van der Waals surface area contributed by atoms with Gasteiger partial charge in [-0.25, -0.2) is 14.4 Å². The zero-order chi connectivity index (χ0) is 14.2. The Labute approximate surface area is 120 Å². The number of H-pyrrole nitrogens is 1. The number of nitrogens with one attached hydrogen (secondary N) is 1. The van der Waals surface area contributed by atoms with Crippen LogP contribution in [0.5, 0.6) is 5.75 Å². The molecule has 1 aliphatic rings. The van der Waals surface area contributed by atoms with Crippen molar-refractivity contribution in [1.82, 2.24) is 15.0 Å². The number of fused-ring (bicyclic) bond motifs is 2. The topological polar surface area (TPSA) is 54.0 Å². The van der Waals surface area contributed by atoms with Crippen LogP contribution in [0.25, 0.3) is 11.0 Å². The van der Waals surface area contributed by atoms with Crippen molar-refractivity contribution in [2.45, 2.75) is 6.54 Å². The fourth-order valence-corrected chi connectivity index (χ4v) is 2.67. The van der Waals surface area contributed by atoms with Crippen LogP contribution in [0, 0.1) is 5.82 Å². The summed E-state index contributed by atoms with van der Waals surface area (Å²) in [5.74, 6) is 0.866. The lowest BCUT2D eigenvalue weighted by molar-refractivity contribution is 0.314. The highest BCUT2D eigenvalue weighted by Gasteiger charge is 2.20. The lowest BCUT2D eigenvalue weighted by Crippen LogP contribution is -2.26. The van der Waals surface area contributed by atoms with Gasteiger partial charge in [0.2, 0.25) is 0 Å². The van der Waals surface area contributed by atoms with Gasteiger partial charge in [-0.3, -0.25) is 0 Å². The molecule has 0 spiro atoms. The van der Waals surface area contributed by atoms with Gasteiger partial charge >= 0.3 is 0 Å². The molecule has 0 saturated carbocycles. The van der Waals surface area contributed by atoms with Crippen LogP contribution >= 0.6 is 0 Å². The number of aromatic nitrogens is 3. The van der Waals surface area contributed by atoms with E-state index in [4.69, 9.17) is 4.74 Å². The molecule has 0 unspecified atom stereocenters. The van der Waals surface area contributed by atoms with Gasteiger partial charge in [-0.1, -0.05) is 12.1 Å². The second-order valence-electron chi connectivity index (χ2n) is 4.94. The summed E-state index contributed by atoms with van der Waals surface area (Å²) >= 11 is 0. The van der Waals surface area contributed by atoms with Crippen molar-refractivity contribution in [3.63, 3.8) is 0 Å². The second kappa shape index (κ2) is 4.73. The summed E-state index contributed by atoms with van der Waals surface area (Å²) in [5, 5.41) is 0.956. The molecule has 2 aromatic heterocycles. The average molecular weight is 284 g/mol. The summed E-state index contributed by atoms with van der Waals surface area (Å²) in [7, 11) is 0. The van der Waals surface area contributed by atoms with Crippen molar-refractivity contribution < 1.29 is 9.13 Å². The summed E-state index contributed by atoms with van der Waals surface area (Å²) < 4.78 is 19.4. The van der Waals surface area contributed by atoms with Crippen LogP contribution in [-0.4, -0.2) is 28.1 Å². The molecule has 0 bridgehead atoms. The predicted molar refractivity (Wildman–Crippen MR) is 76.8 cm³/mol. The van der Waals surface area contributed by atoms with E-state index in [1.165, 1.54) is 12.4 Å².